The second kappa shape index (κ2) is 2.91. The van der Waals surface area contributed by atoms with E-state index >= 15 is 0 Å². The summed E-state index contributed by atoms with van der Waals surface area (Å²) in [5, 5.41) is 2.51. The number of rotatable bonds is 0. The number of quaternary nitrogens is 1. The highest BCUT2D eigenvalue weighted by Gasteiger charge is 2.29. The molecule has 0 radical (unpaired) electrons. The summed E-state index contributed by atoms with van der Waals surface area (Å²) in [4.78, 5) is 0. The third-order valence-corrected chi connectivity index (χ3v) is 3.28. The van der Waals surface area contributed by atoms with Gasteiger partial charge in [-0.05, 0) is 25.2 Å². The van der Waals surface area contributed by atoms with Crippen LogP contribution in [0, 0.1) is 11.8 Å². The van der Waals surface area contributed by atoms with Crippen molar-refractivity contribution in [2.45, 2.75) is 32.1 Å². The van der Waals surface area contributed by atoms with Crippen LogP contribution in [0.3, 0.4) is 0 Å². The maximum Gasteiger partial charge on any atom is 0.0786 e. The Labute approximate surface area is 63.2 Å². The van der Waals surface area contributed by atoms with Gasteiger partial charge in [0.05, 0.1) is 13.1 Å². The molecule has 2 aliphatic rings. The largest absolute Gasteiger partial charge is 0.346 e. The molecule has 10 heavy (non-hydrogen) atoms. The van der Waals surface area contributed by atoms with Gasteiger partial charge in [0.25, 0.3) is 0 Å². The number of hydrogen-bond acceptors (Lipinski definition) is 0. The summed E-state index contributed by atoms with van der Waals surface area (Å²) < 4.78 is 0. The lowest BCUT2D eigenvalue weighted by Gasteiger charge is -2.33. The lowest BCUT2D eigenvalue weighted by atomic mass is 9.76. The Balaban J connectivity index is 1.93. The van der Waals surface area contributed by atoms with Crippen molar-refractivity contribution in [3.8, 4) is 0 Å². The molecular weight excluding hydrogens is 122 g/mol. The van der Waals surface area contributed by atoms with E-state index in [0.717, 1.165) is 11.8 Å². The van der Waals surface area contributed by atoms with Gasteiger partial charge in [-0.1, -0.05) is 12.8 Å². The first kappa shape index (κ1) is 6.66. The highest BCUT2D eigenvalue weighted by Crippen LogP contribution is 2.31. The lowest BCUT2D eigenvalue weighted by molar-refractivity contribution is -0.672. The molecular formula is C9H18N+. The third kappa shape index (κ3) is 1.20. The van der Waals surface area contributed by atoms with E-state index in [1.54, 1.807) is 6.42 Å². The maximum atomic E-state index is 2.51. The van der Waals surface area contributed by atoms with Crippen LogP contribution in [0.5, 0.6) is 0 Å². The van der Waals surface area contributed by atoms with Crippen molar-refractivity contribution in [3.63, 3.8) is 0 Å². The van der Waals surface area contributed by atoms with Gasteiger partial charge in [-0.3, -0.25) is 0 Å². The molecule has 2 N–H and O–H groups in total. The first-order valence-corrected chi connectivity index (χ1v) is 4.78. The summed E-state index contributed by atoms with van der Waals surface area (Å²) in [5.41, 5.74) is 0. The highest BCUT2D eigenvalue weighted by atomic mass is 14.9. The Hall–Kier alpha value is -0.0400. The van der Waals surface area contributed by atoms with Crippen molar-refractivity contribution in [2.75, 3.05) is 13.1 Å². The fourth-order valence-corrected chi connectivity index (χ4v) is 2.64. The lowest BCUT2D eigenvalue weighted by Crippen LogP contribution is -2.88. The standard InChI is InChI=1S/C9H17N/c1-2-4-9-7-10-6-5-8(9)3-1/h8-10H,1-7H2/p+1/t8-,9+/m1/s1. The van der Waals surface area contributed by atoms with Gasteiger partial charge in [0.2, 0.25) is 0 Å². The van der Waals surface area contributed by atoms with Crippen molar-refractivity contribution in [1.29, 1.82) is 0 Å². The Morgan fingerprint density at radius 1 is 0.900 bits per heavy atom. The molecule has 2 fully saturated rings. The Morgan fingerprint density at radius 3 is 2.50 bits per heavy atom. The summed E-state index contributed by atoms with van der Waals surface area (Å²) in [6, 6.07) is 0. The third-order valence-electron chi connectivity index (χ3n) is 3.28. The van der Waals surface area contributed by atoms with Gasteiger partial charge < -0.3 is 5.32 Å². The minimum atomic E-state index is 1.10. The zero-order valence-electron chi connectivity index (χ0n) is 6.68. The predicted molar refractivity (Wildman–Crippen MR) is 41.7 cm³/mol. The molecule has 58 valence electrons. The molecule has 0 aromatic rings. The first-order chi connectivity index (χ1) is 4.97. The monoisotopic (exact) mass is 140 g/mol. The zero-order valence-corrected chi connectivity index (χ0v) is 6.68. The summed E-state index contributed by atoms with van der Waals surface area (Å²) in [6.07, 6.45) is 7.60. The second-order valence-corrected chi connectivity index (χ2v) is 3.91. The quantitative estimate of drug-likeness (QED) is 0.511. The van der Waals surface area contributed by atoms with Crippen molar-refractivity contribution < 1.29 is 5.32 Å². The van der Waals surface area contributed by atoms with E-state index in [2.05, 4.69) is 5.32 Å². The molecule has 1 aliphatic heterocycles. The molecule has 0 spiro atoms. The van der Waals surface area contributed by atoms with Gasteiger partial charge in [0.1, 0.15) is 0 Å². The molecule has 1 heterocycles. The van der Waals surface area contributed by atoms with Crippen LogP contribution in [0.25, 0.3) is 0 Å². The molecule has 1 aliphatic carbocycles. The summed E-state index contributed by atoms with van der Waals surface area (Å²) in [5.74, 6) is 2.22. The second-order valence-electron chi connectivity index (χ2n) is 3.91. The van der Waals surface area contributed by atoms with Crippen LogP contribution in [0.1, 0.15) is 32.1 Å². The van der Waals surface area contributed by atoms with Crippen LogP contribution in [-0.2, 0) is 0 Å². The minimum absolute atomic E-state index is 1.10. The van der Waals surface area contributed by atoms with Gasteiger partial charge in [-0.15, -0.1) is 0 Å². The average Bonchev–Trinajstić information content (AvgIpc) is 2.05. The van der Waals surface area contributed by atoms with Crippen molar-refractivity contribution in [1.82, 2.24) is 0 Å². The summed E-state index contributed by atoms with van der Waals surface area (Å²) in [6.45, 7) is 2.84. The van der Waals surface area contributed by atoms with Crippen LogP contribution in [0.2, 0.25) is 0 Å². The fourth-order valence-electron chi connectivity index (χ4n) is 2.64. The molecule has 0 aromatic carbocycles. The van der Waals surface area contributed by atoms with Crippen LogP contribution >= 0.6 is 0 Å². The Bertz CT molecular complexity index is 85.3. The van der Waals surface area contributed by atoms with E-state index in [1.165, 1.54) is 38.8 Å². The predicted octanol–water partition coefficient (Wildman–Crippen LogP) is 0.760. The molecule has 0 bridgehead atoms. The topological polar surface area (TPSA) is 16.6 Å². The molecule has 0 amide bonds. The van der Waals surface area contributed by atoms with E-state index in [4.69, 9.17) is 0 Å². The summed E-state index contributed by atoms with van der Waals surface area (Å²) in [7, 11) is 0. The van der Waals surface area contributed by atoms with Crippen LogP contribution in [-0.4, -0.2) is 13.1 Å². The number of piperidine rings is 1. The van der Waals surface area contributed by atoms with E-state index in [9.17, 15) is 0 Å². The van der Waals surface area contributed by atoms with Gasteiger partial charge in [-0.25, -0.2) is 0 Å². The van der Waals surface area contributed by atoms with E-state index < -0.39 is 0 Å². The zero-order chi connectivity index (χ0) is 6.81. The van der Waals surface area contributed by atoms with E-state index in [-0.39, 0.29) is 0 Å². The molecule has 2 atom stereocenters. The van der Waals surface area contributed by atoms with Crippen LogP contribution in [0.15, 0.2) is 0 Å². The molecule has 1 saturated heterocycles. The molecule has 1 heteroatoms. The van der Waals surface area contributed by atoms with Gasteiger partial charge in [0, 0.05) is 5.92 Å². The highest BCUT2D eigenvalue weighted by molar-refractivity contribution is 4.75. The number of hydrogen-bond donors (Lipinski definition) is 1. The molecule has 1 nitrogen and oxygen atoms in total. The van der Waals surface area contributed by atoms with Crippen LogP contribution in [0.4, 0.5) is 0 Å². The average molecular weight is 140 g/mol. The normalized spacial score (nSPS) is 40.8. The SMILES string of the molecule is C1CC[C@H]2C[NH2+]CC[C@H]2C1. The Kier molecular flexibility index (Phi) is 1.94. The molecule has 0 aromatic heterocycles. The van der Waals surface area contributed by atoms with Gasteiger partial charge in [0.15, 0.2) is 0 Å². The fraction of sp³-hybridized carbons (Fsp3) is 1.00. The van der Waals surface area contributed by atoms with Crippen molar-refractivity contribution in [3.05, 3.63) is 0 Å². The van der Waals surface area contributed by atoms with Crippen molar-refractivity contribution in [2.24, 2.45) is 11.8 Å². The summed E-state index contributed by atoms with van der Waals surface area (Å²) >= 11 is 0. The van der Waals surface area contributed by atoms with Crippen LogP contribution < -0.4 is 5.32 Å². The smallest absolute Gasteiger partial charge is 0.0786 e. The first-order valence-electron chi connectivity index (χ1n) is 4.78. The molecule has 2 rings (SSSR count). The molecule has 1 saturated carbocycles. The van der Waals surface area contributed by atoms with Crippen molar-refractivity contribution >= 4 is 0 Å². The Morgan fingerprint density at radius 2 is 1.70 bits per heavy atom. The van der Waals surface area contributed by atoms with E-state index in [0.29, 0.717) is 0 Å². The number of nitrogens with two attached hydrogens (primary N) is 1. The van der Waals surface area contributed by atoms with E-state index in [1.807, 2.05) is 0 Å². The van der Waals surface area contributed by atoms with Gasteiger partial charge in [-0.2, -0.15) is 0 Å². The maximum absolute atomic E-state index is 2.51. The van der Waals surface area contributed by atoms with Gasteiger partial charge >= 0.3 is 0 Å². The molecule has 0 unspecified atom stereocenters. The number of fused-ring (bicyclic) bond motifs is 1. The minimum Gasteiger partial charge on any atom is -0.346 e.